The highest BCUT2D eigenvalue weighted by molar-refractivity contribution is 5.88. The van der Waals surface area contributed by atoms with Crippen LogP contribution in [-0.2, 0) is 13.6 Å². The Kier molecular flexibility index (Phi) is 4.02. The molecule has 2 rings (SSSR count). The van der Waals surface area contributed by atoms with Gasteiger partial charge < -0.3 is 10.0 Å². The van der Waals surface area contributed by atoms with Crippen molar-refractivity contribution in [3.05, 3.63) is 47.5 Å². The lowest BCUT2D eigenvalue weighted by atomic mass is 10.2. The summed E-state index contributed by atoms with van der Waals surface area (Å²) < 4.78 is 15.3. The van der Waals surface area contributed by atoms with Crippen molar-refractivity contribution in [1.29, 1.82) is 0 Å². The van der Waals surface area contributed by atoms with Crippen LogP contribution in [0.15, 0.2) is 30.5 Å². The minimum absolute atomic E-state index is 0.141. The molecular weight excluding hydrogens is 261 g/mol. The highest BCUT2D eigenvalue weighted by atomic mass is 19.1. The van der Waals surface area contributed by atoms with E-state index in [2.05, 4.69) is 5.10 Å². The van der Waals surface area contributed by atoms with Crippen molar-refractivity contribution >= 4 is 11.7 Å². The number of aromatic nitrogens is 2. The molecule has 0 saturated heterocycles. The molecule has 0 aliphatic heterocycles. The Hall–Kier alpha value is -2.37. The highest BCUT2D eigenvalue weighted by Crippen LogP contribution is 2.21. The van der Waals surface area contributed by atoms with Crippen LogP contribution in [-0.4, -0.2) is 27.4 Å². The van der Waals surface area contributed by atoms with Gasteiger partial charge in [0.2, 0.25) is 0 Å². The summed E-state index contributed by atoms with van der Waals surface area (Å²) in [5.41, 5.74) is 1.14. The van der Waals surface area contributed by atoms with Crippen molar-refractivity contribution < 1.29 is 14.3 Å². The Morgan fingerprint density at radius 1 is 1.45 bits per heavy atom. The van der Waals surface area contributed by atoms with Crippen molar-refractivity contribution in [2.45, 2.75) is 13.5 Å². The number of rotatable bonds is 5. The predicted molar refractivity (Wildman–Crippen MR) is 73.3 cm³/mol. The number of aromatic carboxylic acids is 1. The van der Waals surface area contributed by atoms with E-state index < -0.39 is 5.97 Å². The standard InChI is InChI=1S/C14H16FN3O2/c1-3-18(12-7-5-4-6-11(12)15)9-13-10(14(19)20)8-16-17(13)2/h4-8H,3,9H2,1-2H3,(H,19,20). The zero-order valence-corrected chi connectivity index (χ0v) is 11.4. The van der Waals surface area contributed by atoms with Crippen molar-refractivity contribution in [2.75, 3.05) is 11.4 Å². The third-order valence-electron chi connectivity index (χ3n) is 3.21. The highest BCUT2D eigenvalue weighted by Gasteiger charge is 2.18. The third-order valence-corrected chi connectivity index (χ3v) is 3.21. The smallest absolute Gasteiger partial charge is 0.339 e. The third kappa shape index (κ3) is 2.64. The maximum absolute atomic E-state index is 13.8. The van der Waals surface area contributed by atoms with E-state index in [9.17, 15) is 9.18 Å². The lowest BCUT2D eigenvalue weighted by molar-refractivity contribution is 0.0695. The summed E-state index contributed by atoms with van der Waals surface area (Å²) in [6, 6.07) is 6.44. The predicted octanol–water partition coefficient (Wildman–Crippen LogP) is 2.28. The Labute approximate surface area is 116 Å². The fourth-order valence-electron chi connectivity index (χ4n) is 2.09. The summed E-state index contributed by atoms with van der Waals surface area (Å²) >= 11 is 0. The lowest BCUT2D eigenvalue weighted by Gasteiger charge is -2.23. The van der Waals surface area contributed by atoms with E-state index in [-0.39, 0.29) is 17.9 Å². The molecule has 5 nitrogen and oxygen atoms in total. The Morgan fingerprint density at radius 2 is 2.15 bits per heavy atom. The van der Waals surface area contributed by atoms with Gasteiger partial charge in [-0.3, -0.25) is 4.68 Å². The number of halogens is 1. The summed E-state index contributed by atoms with van der Waals surface area (Å²) in [7, 11) is 1.68. The maximum Gasteiger partial charge on any atom is 0.339 e. The topological polar surface area (TPSA) is 58.4 Å². The molecule has 0 radical (unpaired) electrons. The van der Waals surface area contributed by atoms with Crippen LogP contribution in [0.25, 0.3) is 0 Å². The molecule has 6 heteroatoms. The summed E-state index contributed by atoms with van der Waals surface area (Å²) in [4.78, 5) is 12.9. The van der Waals surface area contributed by atoms with E-state index in [1.54, 1.807) is 30.1 Å². The zero-order chi connectivity index (χ0) is 14.7. The summed E-state index contributed by atoms with van der Waals surface area (Å²) in [6.45, 7) is 2.74. The molecule has 0 aliphatic rings. The van der Waals surface area contributed by atoms with Gasteiger partial charge in [-0.25, -0.2) is 9.18 Å². The Bertz CT molecular complexity index is 625. The van der Waals surface area contributed by atoms with Crippen LogP contribution in [0.5, 0.6) is 0 Å². The molecule has 0 atom stereocenters. The molecular formula is C14H16FN3O2. The summed E-state index contributed by atoms with van der Waals surface area (Å²) in [5, 5.41) is 13.1. The molecule has 20 heavy (non-hydrogen) atoms. The van der Waals surface area contributed by atoms with E-state index >= 15 is 0 Å². The van der Waals surface area contributed by atoms with Gasteiger partial charge in [0.15, 0.2) is 0 Å². The van der Waals surface area contributed by atoms with Gasteiger partial charge >= 0.3 is 5.97 Å². The molecule has 1 N–H and O–H groups in total. The first-order chi connectivity index (χ1) is 9.54. The normalized spacial score (nSPS) is 10.6. The van der Waals surface area contributed by atoms with Crippen LogP contribution in [0.1, 0.15) is 23.0 Å². The number of nitrogens with zero attached hydrogens (tertiary/aromatic N) is 3. The van der Waals surface area contributed by atoms with E-state index in [1.165, 1.54) is 16.9 Å². The van der Waals surface area contributed by atoms with Gasteiger partial charge in [0.25, 0.3) is 0 Å². The first kappa shape index (κ1) is 14.0. The van der Waals surface area contributed by atoms with Crippen LogP contribution in [0, 0.1) is 5.82 Å². The number of hydrogen-bond acceptors (Lipinski definition) is 3. The van der Waals surface area contributed by atoms with Gasteiger partial charge in [-0.15, -0.1) is 0 Å². The summed E-state index contributed by atoms with van der Waals surface area (Å²) in [5.74, 6) is -1.36. The number of carbonyl (C=O) groups is 1. The van der Waals surface area contributed by atoms with Crippen LogP contribution in [0.2, 0.25) is 0 Å². The molecule has 2 aromatic rings. The van der Waals surface area contributed by atoms with Gasteiger partial charge in [-0.2, -0.15) is 5.10 Å². The van der Waals surface area contributed by atoms with Crippen molar-refractivity contribution in [3.63, 3.8) is 0 Å². The zero-order valence-electron chi connectivity index (χ0n) is 11.4. The molecule has 1 aromatic heterocycles. The van der Waals surface area contributed by atoms with Gasteiger partial charge in [-0.05, 0) is 19.1 Å². The fraction of sp³-hybridized carbons (Fsp3) is 0.286. The van der Waals surface area contributed by atoms with E-state index in [4.69, 9.17) is 5.11 Å². The quantitative estimate of drug-likeness (QED) is 0.911. The van der Waals surface area contributed by atoms with Gasteiger partial charge in [0.1, 0.15) is 11.4 Å². The molecule has 0 aliphatic carbocycles. The lowest BCUT2D eigenvalue weighted by Crippen LogP contribution is -2.25. The van der Waals surface area contributed by atoms with Gasteiger partial charge in [0.05, 0.1) is 24.1 Å². The molecule has 0 amide bonds. The number of aryl methyl sites for hydroxylation is 1. The van der Waals surface area contributed by atoms with Crippen LogP contribution < -0.4 is 4.90 Å². The van der Waals surface area contributed by atoms with Crippen molar-refractivity contribution in [1.82, 2.24) is 9.78 Å². The minimum Gasteiger partial charge on any atom is -0.478 e. The molecule has 0 fully saturated rings. The number of carboxylic acids is 1. The largest absolute Gasteiger partial charge is 0.478 e. The van der Waals surface area contributed by atoms with Crippen molar-refractivity contribution in [2.24, 2.45) is 7.05 Å². The molecule has 0 spiro atoms. The van der Waals surface area contributed by atoms with Crippen molar-refractivity contribution in [3.8, 4) is 0 Å². The van der Waals surface area contributed by atoms with Crippen LogP contribution >= 0.6 is 0 Å². The van der Waals surface area contributed by atoms with Gasteiger partial charge in [-0.1, -0.05) is 12.1 Å². The Balaban J connectivity index is 2.34. The molecule has 106 valence electrons. The second-order valence-corrected chi connectivity index (χ2v) is 4.40. The number of benzene rings is 1. The number of anilines is 1. The minimum atomic E-state index is -1.03. The Morgan fingerprint density at radius 3 is 2.75 bits per heavy atom. The maximum atomic E-state index is 13.8. The molecule has 0 unspecified atom stereocenters. The molecule has 1 heterocycles. The van der Waals surface area contributed by atoms with E-state index in [0.29, 0.717) is 17.9 Å². The van der Waals surface area contributed by atoms with E-state index in [1.807, 2.05) is 6.92 Å². The second-order valence-electron chi connectivity index (χ2n) is 4.40. The average Bonchev–Trinajstić information content (AvgIpc) is 2.78. The summed E-state index contributed by atoms with van der Waals surface area (Å²) in [6.07, 6.45) is 1.31. The van der Waals surface area contributed by atoms with E-state index in [0.717, 1.165) is 0 Å². The first-order valence-electron chi connectivity index (χ1n) is 6.28. The fourth-order valence-corrected chi connectivity index (χ4v) is 2.09. The van der Waals surface area contributed by atoms with Crippen LogP contribution in [0.4, 0.5) is 10.1 Å². The second kappa shape index (κ2) is 5.73. The number of para-hydroxylation sites is 1. The van der Waals surface area contributed by atoms with Gasteiger partial charge in [0, 0.05) is 13.6 Å². The average molecular weight is 277 g/mol. The monoisotopic (exact) mass is 277 g/mol. The number of carboxylic acid groups (broad SMARTS) is 1. The molecule has 1 aromatic carbocycles. The SMILES string of the molecule is CCN(Cc1c(C(=O)O)cnn1C)c1ccccc1F. The number of hydrogen-bond donors (Lipinski definition) is 1. The molecule has 0 saturated carbocycles. The molecule has 0 bridgehead atoms. The first-order valence-corrected chi connectivity index (χ1v) is 6.28. The van der Waals surface area contributed by atoms with Crippen LogP contribution in [0.3, 0.4) is 0 Å².